The number of carboxylic acid groups (broad SMARTS) is 2. The number of halogens is 2. The summed E-state index contributed by atoms with van der Waals surface area (Å²) >= 11 is 12.3. The summed E-state index contributed by atoms with van der Waals surface area (Å²) in [5.41, 5.74) is 3.20. The second kappa shape index (κ2) is 16.2. The van der Waals surface area contributed by atoms with E-state index in [-0.39, 0.29) is 18.2 Å². The van der Waals surface area contributed by atoms with Gasteiger partial charge < -0.3 is 24.7 Å². The van der Waals surface area contributed by atoms with Gasteiger partial charge >= 0.3 is 17.6 Å². The van der Waals surface area contributed by atoms with Crippen molar-refractivity contribution in [3.8, 4) is 0 Å². The van der Waals surface area contributed by atoms with E-state index < -0.39 is 11.9 Å². The number of aromatic nitrogens is 2. The molecule has 1 fully saturated rings. The zero-order valence-electron chi connectivity index (χ0n) is 24.6. The van der Waals surface area contributed by atoms with Crippen molar-refractivity contribution in [2.24, 2.45) is 5.92 Å². The molecule has 0 unspecified atom stereocenters. The highest BCUT2D eigenvalue weighted by Gasteiger charge is 2.25. The van der Waals surface area contributed by atoms with Crippen LogP contribution in [0.5, 0.6) is 0 Å². The van der Waals surface area contributed by atoms with Gasteiger partial charge in [-0.3, -0.25) is 13.9 Å². The number of hydrogen-bond donors (Lipinski definition) is 2. The number of carbonyl (C=O) groups excluding carboxylic acids is 1. The zero-order valence-corrected chi connectivity index (χ0v) is 26.1. The Morgan fingerprint density at radius 1 is 1.00 bits per heavy atom. The zero-order chi connectivity index (χ0) is 32.4. The Morgan fingerprint density at radius 3 is 2.16 bits per heavy atom. The predicted octanol–water partition coefficient (Wildman–Crippen LogP) is 4.70. The molecular weight excluding hydrogens is 611 g/mol. The number of ether oxygens (including phenoxy) is 1. The quantitative estimate of drug-likeness (QED) is 0.286. The summed E-state index contributed by atoms with van der Waals surface area (Å²) in [4.78, 5) is 49.1. The van der Waals surface area contributed by atoms with Crippen LogP contribution in [0, 0.1) is 5.92 Å². The fraction of sp³-hybridized carbons (Fsp3) is 0.355. The van der Waals surface area contributed by atoms with Gasteiger partial charge in [0.25, 0.3) is 5.91 Å². The molecule has 2 N–H and O–H groups in total. The van der Waals surface area contributed by atoms with E-state index >= 15 is 0 Å². The lowest BCUT2D eigenvalue weighted by Gasteiger charge is -2.35. The van der Waals surface area contributed by atoms with Gasteiger partial charge in [-0.25, -0.2) is 14.4 Å². The largest absolute Gasteiger partial charge is 0.478 e. The smallest absolute Gasteiger partial charge is 0.333 e. The number of rotatable bonds is 11. The predicted molar refractivity (Wildman–Crippen MR) is 171 cm³/mol. The Kier molecular flexibility index (Phi) is 12.8. The number of carbonyl (C=O) groups is 3. The van der Waals surface area contributed by atoms with Crippen molar-refractivity contribution >= 4 is 63.5 Å². The van der Waals surface area contributed by atoms with E-state index in [1.807, 2.05) is 41.8 Å². The fourth-order valence-electron chi connectivity index (χ4n) is 5.03. The summed E-state index contributed by atoms with van der Waals surface area (Å²) in [7, 11) is 1.52. The van der Waals surface area contributed by atoms with E-state index in [2.05, 4.69) is 11.5 Å². The van der Waals surface area contributed by atoms with Crippen molar-refractivity contribution < 1.29 is 29.3 Å². The lowest BCUT2D eigenvalue weighted by Crippen LogP contribution is -2.43. The molecule has 0 aliphatic carbocycles. The van der Waals surface area contributed by atoms with Gasteiger partial charge in [0, 0.05) is 50.3 Å². The van der Waals surface area contributed by atoms with Crippen LogP contribution in [-0.4, -0.2) is 82.0 Å². The van der Waals surface area contributed by atoms with Gasteiger partial charge in [-0.1, -0.05) is 41.9 Å². The number of methoxy groups -OCH3 is 1. The number of anilines is 1. The number of likely N-dealkylation sites (tertiary alicyclic amines) is 1. The number of imidazole rings is 1. The van der Waals surface area contributed by atoms with E-state index in [0.29, 0.717) is 46.9 Å². The molecule has 4 rings (SSSR count). The van der Waals surface area contributed by atoms with E-state index in [4.69, 9.17) is 38.2 Å². The molecule has 0 spiro atoms. The SMILES string of the molecule is C=C(C)n1c(=O)n(CCN2CCC(CN(C(=O)COC)c3ccc(Cl)c(Cl)c3)CC2)c2ccccc21.O=C(O)/C=C/C(=O)O. The van der Waals surface area contributed by atoms with Gasteiger partial charge in [-0.15, -0.1) is 0 Å². The van der Waals surface area contributed by atoms with Crippen LogP contribution in [0.1, 0.15) is 19.8 Å². The van der Waals surface area contributed by atoms with E-state index in [9.17, 15) is 19.2 Å². The van der Waals surface area contributed by atoms with Gasteiger partial charge in [0.2, 0.25) is 0 Å². The number of para-hydroxylation sites is 2. The number of aliphatic carboxylic acids is 2. The molecular formula is C31H36Cl2N4O7. The summed E-state index contributed by atoms with van der Waals surface area (Å²) < 4.78 is 8.62. The van der Waals surface area contributed by atoms with E-state index in [0.717, 1.165) is 49.2 Å². The summed E-state index contributed by atoms with van der Waals surface area (Å²) in [6, 6.07) is 13.1. The number of carboxylic acids is 2. The number of benzene rings is 2. The van der Waals surface area contributed by atoms with Gasteiger partial charge in [0.05, 0.1) is 21.1 Å². The molecule has 236 valence electrons. The van der Waals surface area contributed by atoms with Crippen molar-refractivity contribution in [3.63, 3.8) is 0 Å². The molecule has 1 amide bonds. The minimum Gasteiger partial charge on any atom is -0.478 e. The summed E-state index contributed by atoms with van der Waals surface area (Å²) in [5, 5.41) is 16.5. The van der Waals surface area contributed by atoms with Crippen molar-refractivity contribution in [1.82, 2.24) is 14.0 Å². The molecule has 0 bridgehead atoms. The number of fused-ring (bicyclic) bond motifs is 1. The molecule has 13 heteroatoms. The maximum absolute atomic E-state index is 13.1. The van der Waals surface area contributed by atoms with Crippen LogP contribution in [-0.2, 0) is 25.7 Å². The number of nitrogens with zero attached hydrogens (tertiary/aromatic N) is 4. The van der Waals surface area contributed by atoms with E-state index in [1.165, 1.54) is 7.11 Å². The standard InChI is InChI=1S/C27H32Cl2N4O3.C4H4O4/c1-19(2)33-25-7-5-4-6-24(25)31(27(33)35)15-14-30-12-10-20(11-13-30)17-32(26(34)18-36-3)21-8-9-22(28)23(29)16-21;5-3(6)1-2-4(7)8/h4-9,16,20H,1,10-15,17-18H2,2-3H3;1-2H,(H,5,6)(H,7,8)/b;2-1+. The van der Waals surface area contributed by atoms with E-state index in [1.54, 1.807) is 21.6 Å². The Labute approximate surface area is 265 Å². The van der Waals surface area contributed by atoms with Crippen LogP contribution in [0.15, 0.2) is 66.0 Å². The summed E-state index contributed by atoms with van der Waals surface area (Å²) in [6.45, 7) is 9.65. The van der Waals surface area contributed by atoms with Crippen LogP contribution < -0.4 is 10.6 Å². The van der Waals surface area contributed by atoms with Crippen LogP contribution in [0.4, 0.5) is 5.69 Å². The van der Waals surface area contributed by atoms with Crippen LogP contribution in [0.25, 0.3) is 16.7 Å². The van der Waals surface area contributed by atoms with Crippen molar-refractivity contribution in [2.75, 3.05) is 44.8 Å². The van der Waals surface area contributed by atoms with Gasteiger partial charge in [0.1, 0.15) is 6.61 Å². The molecule has 0 saturated carbocycles. The highest BCUT2D eigenvalue weighted by atomic mass is 35.5. The van der Waals surface area contributed by atoms with Crippen LogP contribution in [0.2, 0.25) is 10.0 Å². The number of piperidine rings is 1. The normalized spacial score (nSPS) is 13.9. The fourth-order valence-corrected chi connectivity index (χ4v) is 5.33. The minimum absolute atomic E-state index is 0.00558. The van der Waals surface area contributed by atoms with Crippen molar-refractivity contribution in [1.29, 1.82) is 0 Å². The van der Waals surface area contributed by atoms with Crippen LogP contribution >= 0.6 is 23.2 Å². The number of hydrogen-bond acceptors (Lipinski definition) is 6. The first-order chi connectivity index (χ1) is 20.9. The molecule has 2 aromatic carbocycles. The molecule has 3 aromatic rings. The van der Waals surface area contributed by atoms with Crippen molar-refractivity contribution in [3.05, 3.63) is 81.7 Å². The molecule has 1 saturated heterocycles. The maximum Gasteiger partial charge on any atom is 0.333 e. The molecule has 0 atom stereocenters. The lowest BCUT2D eigenvalue weighted by atomic mass is 9.96. The topological polar surface area (TPSA) is 134 Å². The lowest BCUT2D eigenvalue weighted by molar-refractivity contribution is -0.134. The second-order valence-corrected chi connectivity index (χ2v) is 11.1. The third kappa shape index (κ3) is 9.30. The molecule has 1 aliphatic heterocycles. The molecule has 1 aromatic heterocycles. The third-order valence-corrected chi connectivity index (χ3v) is 7.90. The maximum atomic E-state index is 13.1. The molecule has 0 radical (unpaired) electrons. The van der Waals surface area contributed by atoms with Crippen LogP contribution in [0.3, 0.4) is 0 Å². The van der Waals surface area contributed by atoms with Gasteiger partial charge in [0.15, 0.2) is 0 Å². The Balaban J connectivity index is 0.000000583. The molecule has 2 heterocycles. The first kappa shape index (κ1) is 34.6. The minimum atomic E-state index is -1.26. The Morgan fingerprint density at radius 2 is 1.61 bits per heavy atom. The number of allylic oxidation sites excluding steroid dienone is 1. The number of amides is 1. The summed E-state index contributed by atoms with van der Waals surface area (Å²) in [6.07, 6.45) is 3.03. The average molecular weight is 648 g/mol. The first-order valence-corrected chi connectivity index (χ1v) is 14.6. The van der Waals surface area contributed by atoms with Gasteiger partial charge in [-0.05, 0) is 69.1 Å². The Hall–Kier alpha value is -3.90. The second-order valence-electron chi connectivity index (χ2n) is 10.3. The highest BCUT2D eigenvalue weighted by molar-refractivity contribution is 6.42. The molecule has 11 nitrogen and oxygen atoms in total. The first-order valence-electron chi connectivity index (χ1n) is 13.9. The molecule has 1 aliphatic rings. The summed E-state index contributed by atoms with van der Waals surface area (Å²) in [5.74, 6) is -2.27. The van der Waals surface area contributed by atoms with Gasteiger partial charge in [-0.2, -0.15) is 0 Å². The molecule has 44 heavy (non-hydrogen) atoms. The Bertz CT molecular complexity index is 1570. The monoisotopic (exact) mass is 646 g/mol. The average Bonchev–Trinajstić information content (AvgIpc) is 3.27. The third-order valence-electron chi connectivity index (χ3n) is 7.16. The van der Waals surface area contributed by atoms with Crippen molar-refractivity contribution in [2.45, 2.75) is 26.3 Å². The highest BCUT2D eigenvalue weighted by Crippen LogP contribution is 2.29.